The van der Waals surface area contributed by atoms with Gasteiger partial charge in [0.2, 0.25) is 0 Å². The van der Waals surface area contributed by atoms with E-state index in [0.717, 1.165) is 4.90 Å². The van der Waals surface area contributed by atoms with Gasteiger partial charge < -0.3 is 15.4 Å². The molecule has 0 aromatic rings. The molecule has 1 rings (SSSR count). The van der Waals surface area contributed by atoms with Gasteiger partial charge in [-0.25, -0.2) is 0 Å². The Kier molecular flexibility index (Phi) is 5.12. The molecule has 0 bridgehead atoms. The summed E-state index contributed by atoms with van der Waals surface area (Å²) in [6.07, 6.45) is 0. The van der Waals surface area contributed by atoms with Gasteiger partial charge in [-0.1, -0.05) is 0 Å². The molecule has 1 heterocycles. The summed E-state index contributed by atoms with van der Waals surface area (Å²) >= 11 is 0. The van der Waals surface area contributed by atoms with Crippen molar-refractivity contribution in [3.8, 4) is 0 Å². The lowest BCUT2D eigenvalue weighted by molar-refractivity contribution is -0.171. The minimum Gasteiger partial charge on any atom is -0.378 e. The van der Waals surface area contributed by atoms with Gasteiger partial charge in [0.05, 0.1) is 19.8 Å². The van der Waals surface area contributed by atoms with E-state index in [-0.39, 0.29) is 26.3 Å². The van der Waals surface area contributed by atoms with E-state index in [1.807, 2.05) is 0 Å². The second-order valence-electron chi connectivity index (χ2n) is 3.69. The molecule has 1 saturated heterocycles. The van der Waals surface area contributed by atoms with Crippen molar-refractivity contribution >= 4 is 17.7 Å². The molecule has 0 saturated carbocycles. The van der Waals surface area contributed by atoms with Crippen LogP contribution in [0.4, 0.5) is 8.78 Å². The summed E-state index contributed by atoms with van der Waals surface area (Å²) in [5.74, 6) is -8.66. The lowest BCUT2D eigenvalue weighted by Gasteiger charge is -2.29. The van der Waals surface area contributed by atoms with Gasteiger partial charge in [-0.3, -0.25) is 25.2 Å². The van der Waals surface area contributed by atoms with E-state index in [1.165, 1.54) is 5.43 Å². The van der Waals surface area contributed by atoms with Gasteiger partial charge in [0.25, 0.3) is 5.91 Å². The number of hydrazine groups is 1. The number of alkyl halides is 2. The molecule has 19 heavy (non-hydrogen) atoms. The zero-order chi connectivity index (χ0) is 14.5. The standard InChI is InChI=1S/C9H14F2N4O4/c10-9(11,7(17)14-13-6(16)5-12)8(18)15-1-3-19-4-2-15/h1-5,12H2,(H,13,16)(H,14,17). The number of nitrogens with two attached hydrogens (primary N) is 1. The predicted molar refractivity (Wildman–Crippen MR) is 57.7 cm³/mol. The Labute approximate surface area is 107 Å². The number of nitrogens with zero attached hydrogens (tertiary/aromatic N) is 1. The fourth-order valence-electron chi connectivity index (χ4n) is 1.32. The predicted octanol–water partition coefficient (Wildman–Crippen LogP) is -2.41. The van der Waals surface area contributed by atoms with Gasteiger partial charge in [0.1, 0.15) is 0 Å². The molecular weight excluding hydrogens is 266 g/mol. The Morgan fingerprint density at radius 3 is 2.32 bits per heavy atom. The van der Waals surface area contributed by atoms with Crippen molar-refractivity contribution in [2.24, 2.45) is 5.73 Å². The first kappa shape index (κ1) is 15.2. The van der Waals surface area contributed by atoms with E-state index in [0.29, 0.717) is 0 Å². The summed E-state index contributed by atoms with van der Waals surface area (Å²) in [5, 5.41) is 0. The van der Waals surface area contributed by atoms with Crippen LogP contribution < -0.4 is 16.6 Å². The van der Waals surface area contributed by atoms with Gasteiger partial charge >= 0.3 is 17.7 Å². The molecule has 0 atom stereocenters. The van der Waals surface area contributed by atoms with E-state index in [9.17, 15) is 23.2 Å². The van der Waals surface area contributed by atoms with Crippen molar-refractivity contribution in [2.45, 2.75) is 5.92 Å². The van der Waals surface area contributed by atoms with Gasteiger partial charge in [0.15, 0.2) is 0 Å². The number of morpholine rings is 1. The van der Waals surface area contributed by atoms with Crippen molar-refractivity contribution < 1.29 is 27.9 Å². The molecule has 108 valence electrons. The number of ether oxygens (including phenoxy) is 1. The molecule has 0 aromatic heterocycles. The van der Waals surface area contributed by atoms with Crippen LogP contribution in [-0.4, -0.2) is 61.4 Å². The Morgan fingerprint density at radius 1 is 1.21 bits per heavy atom. The maximum atomic E-state index is 13.5. The monoisotopic (exact) mass is 280 g/mol. The topological polar surface area (TPSA) is 114 Å². The van der Waals surface area contributed by atoms with Crippen LogP contribution in [0.1, 0.15) is 0 Å². The fraction of sp³-hybridized carbons (Fsp3) is 0.667. The highest BCUT2D eigenvalue weighted by atomic mass is 19.3. The Morgan fingerprint density at radius 2 is 1.79 bits per heavy atom. The number of hydrogen-bond donors (Lipinski definition) is 3. The molecule has 0 aliphatic carbocycles. The van der Waals surface area contributed by atoms with Crippen molar-refractivity contribution in [3.05, 3.63) is 0 Å². The van der Waals surface area contributed by atoms with E-state index in [2.05, 4.69) is 0 Å². The Bertz CT molecular complexity index is 371. The summed E-state index contributed by atoms with van der Waals surface area (Å²) < 4.78 is 32.0. The average Bonchev–Trinajstić information content (AvgIpc) is 2.44. The summed E-state index contributed by atoms with van der Waals surface area (Å²) in [5.41, 5.74) is 8.01. The third-order valence-electron chi connectivity index (χ3n) is 2.35. The minimum atomic E-state index is -4.26. The molecule has 3 amide bonds. The fourth-order valence-corrected chi connectivity index (χ4v) is 1.32. The third-order valence-corrected chi connectivity index (χ3v) is 2.35. The van der Waals surface area contributed by atoms with Crippen LogP contribution in [0.3, 0.4) is 0 Å². The SMILES string of the molecule is NCC(=O)NNC(=O)C(F)(F)C(=O)N1CCOCC1. The molecule has 8 nitrogen and oxygen atoms in total. The number of halogens is 2. The average molecular weight is 280 g/mol. The molecule has 1 aliphatic heterocycles. The van der Waals surface area contributed by atoms with Crippen LogP contribution in [0.15, 0.2) is 0 Å². The number of hydrogen-bond acceptors (Lipinski definition) is 5. The molecule has 0 spiro atoms. The quantitative estimate of drug-likeness (QED) is 0.393. The van der Waals surface area contributed by atoms with E-state index < -0.39 is 30.2 Å². The smallest absolute Gasteiger partial charge is 0.378 e. The number of rotatable bonds is 3. The van der Waals surface area contributed by atoms with Crippen LogP contribution in [0.2, 0.25) is 0 Å². The minimum absolute atomic E-state index is 0.0170. The molecular formula is C9H14F2N4O4. The number of carbonyl (C=O) groups is 3. The summed E-state index contributed by atoms with van der Waals surface area (Å²) in [7, 11) is 0. The lowest BCUT2D eigenvalue weighted by atomic mass is 10.2. The number of carbonyl (C=O) groups excluding carboxylic acids is 3. The Balaban J connectivity index is 2.59. The molecule has 0 unspecified atom stereocenters. The van der Waals surface area contributed by atoms with Crippen LogP contribution in [-0.2, 0) is 19.1 Å². The van der Waals surface area contributed by atoms with E-state index in [1.54, 1.807) is 5.43 Å². The zero-order valence-electron chi connectivity index (χ0n) is 9.95. The van der Waals surface area contributed by atoms with Gasteiger partial charge in [-0.15, -0.1) is 0 Å². The molecule has 1 aliphatic rings. The maximum absolute atomic E-state index is 13.5. The largest absolute Gasteiger partial charge is 0.402 e. The molecule has 4 N–H and O–H groups in total. The summed E-state index contributed by atoms with van der Waals surface area (Å²) in [4.78, 5) is 34.2. The highest BCUT2D eigenvalue weighted by Gasteiger charge is 2.50. The molecule has 0 radical (unpaired) electrons. The lowest BCUT2D eigenvalue weighted by Crippen LogP contribution is -2.58. The van der Waals surface area contributed by atoms with Crippen molar-refractivity contribution in [1.82, 2.24) is 15.8 Å². The Hall–Kier alpha value is -1.81. The zero-order valence-corrected chi connectivity index (χ0v) is 9.95. The first-order chi connectivity index (χ1) is 8.89. The second kappa shape index (κ2) is 6.38. The van der Waals surface area contributed by atoms with Crippen LogP contribution >= 0.6 is 0 Å². The van der Waals surface area contributed by atoms with E-state index >= 15 is 0 Å². The van der Waals surface area contributed by atoms with Crippen molar-refractivity contribution in [2.75, 3.05) is 32.8 Å². The first-order valence-electron chi connectivity index (χ1n) is 5.44. The van der Waals surface area contributed by atoms with Gasteiger partial charge in [-0.2, -0.15) is 8.78 Å². The molecule has 10 heteroatoms. The van der Waals surface area contributed by atoms with Gasteiger partial charge in [-0.05, 0) is 0 Å². The van der Waals surface area contributed by atoms with Crippen LogP contribution in [0, 0.1) is 0 Å². The van der Waals surface area contributed by atoms with Gasteiger partial charge in [0, 0.05) is 13.1 Å². The molecule has 1 fully saturated rings. The van der Waals surface area contributed by atoms with Crippen molar-refractivity contribution in [1.29, 1.82) is 0 Å². The molecule has 0 aromatic carbocycles. The van der Waals surface area contributed by atoms with Crippen LogP contribution in [0.25, 0.3) is 0 Å². The first-order valence-corrected chi connectivity index (χ1v) is 5.44. The summed E-state index contributed by atoms with van der Waals surface area (Å²) in [6, 6.07) is 0. The second-order valence-corrected chi connectivity index (χ2v) is 3.69. The highest BCUT2D eigenvalue weighted by molar-refractivity contribution is 6.06. The highest BCUT2D eigenvalue weighted by Crippen LogP contribution is 2.18. The third kappa shape index (κ3) is 3.83. The maximum Gasteiger partial charge on any atom is 0.402 e. The number of amides is 3. The number of nitrogens with one attached hydrogen (secondary N) is 2. The van der Waals surface area contributed by atoms with Crippen molar-refractivity contribution in [3.63, 3.8) is 0 Å². The van der Waals surface area contributed by atoms with E-state index in [4.69, 9.17) is 10.5 Å². The van der Waals surface area contributed by atoms with Crippen LogP contribution in [0.5, 0.6) is 0 Å². The normalized spacial score (nSPS) is 15.8. The summed E-state index contributed by atoms with van der Waals surface area (Å²) in [6.45, 7) is -0.252.